The van der Waals surface area contributed by atoms with Gasteiger partial charge in [-0.3, -0.25) is 0 Å². The van der Waals surface area contributed by atoms with Gasteiger partial charge < -0.3 is 19.9 Å². The molecule has 0 aliphatic rings. The Kier molecular flexibility index (Phi) is 6.91. The molecule has 0 saturated heterocycles. The van der Waals surface area contributed by atoms with E-state index < -0.39 is 5.60 Å². The molecule has 0 unspecified atom stereocenters. The molecule has 0 radical (unpaired) electrons. The van der Waals surface area contributed by atoms with Gasteiger partial charge in [-0.05, 0) is 24.1 Å². The highest BCUT2D eigenvalue weighted by Gasteiger charge is 2.34. The molecule has 29 heavy (non-hydrogen) atoms. The van der Waals surface area contributed by atoms with Gasteiger partial charge in [0.15, 0.2) is 0 Å². The van der Waals surface area contributed by atoms with Crippen LogP contribution < -0.4 is 14.8 Å². The summed E-state index contributed by atoms with van der Waals surface area (Å²) >= 11 is 0. The fourth-order valence-electron chi connectivity index (χ4n) is 3.75. The van der Waals surface area contributed by atoms with Crippen LogP contribution in [-0.2, 0) is 6.54 Å². The number of ether oxygens (including phenoxy) is 2. The monoisotopic (exact) mass is 391 g/mol. The maximum atomic E-state index is 11.5. The summed E-state index contributed by atoms with van der Waals surface area (Å²) in [5.41, 5.74) is 2.21. The maximum absolute atomic E-state index is 11.5. The van der Waals surface area contributed by atoms with Crippen LogP contribution in [0.15, 0.2) is 78.9 Å². The van der Waals surface area contributed by atoms with Crippen LogP contribution in [0.4, 0.5) is 0 Å². The van der Waals surface area contributed by atoms with E-state index in [-0.39, 0.29) is 5.92 Å². The fourth-order valence-corrected chi connectivity index (χ4v) is 3.75. The molecule has 0 aromatic heterocycles. The standard InChI is InChI=1S/C25H29NO3/c1-25(27,18-26-17-21-14-15-22(28-2)16-23(21)29-3)24(19-10-6-4-7-11-19)20-12-8-5-9-13-20/h4-16,24,26-27H,17-18H2,1-3H3/t25-/m0/s1. The Morgan fingerprint density at radius 3 is 1.97 bits per heavy atom. The lowest BCUT2D eigenvalue weighted by molar-refractivity contribution is 0.0425. The Hall–Kier alpha value is -2.82. The number of benzene rings is 3. The number of nitrogens with one attached hydrogen (secondary N) is 1. The minimum atomic E-state index is -0.984. The molecule has 2 N–H and O–H groups in total. The molecule has 152 valence electrons. The molecule has 3 rings (SSSR count). The lowest BCUT2D eigenvalue weighted by atomic mass is 9.78. The van der Waals surface area contributed by atoms with Crippen molar-refractivity contribution in [1.29, 1.82) is 0 Å². The zero-order valence-corrected chi connectivity index (χ0v) is 17.3. The minimum Gasteiger partial charge on any atom is -0.497 e. The first-order valence-corrected chi connectivity index (χ1v) is 9.79. The number of hydrogen-bond acceptors (Lipinski definition) is 4. The van der Waals surface area contributed by atoms with Crippen molar-refractivity contribution in [3.05, 3.63) is 95.6 Å². The van der Waals surface area contributed by atoms with E-state index in [4.69, 9.17) is 9.47 Å². The van der Waals surface area contributed by atoms with Crippen LogP contribution in [0, 0.1) is 0 Å². The fraction of sp³-hybridized carbons (Fsp3) is 0.280. The van der Waals surface area contributed by atoms with E-state index in [9.17, 15) is 5.11 Å². The Balaban J connectivity index is 1.77. The van der Waals surface area contributed by atoms with Crippen LogP contribution in [-0.4, -0.2) is 31.5 Å². The number of rotatable bonds is 9. The van der Waals surface area contributed by atoms with Crippen molar-refractivity contribution < 1.29 is 14.6 Å². The van der Waals surface area contributed by atoms with Crippen LogP contribution in [0.3, 0.4) is 0 Å². The van der Waals surface area contributed by atoms with Gasteiger partial charge in [-0.25, -0.2) is 0 Å². The maximum Gasteiger partial charge on any atom is 0.127 e. The lowest BCUT2D eigenvalue weighted by Gasteiger charge is -2.34. The molecule has 0 bridgehead atoms. The van der Waals surface area contributed by atoms with Crippen molar-refractivity contribution in [2.75, 3.05) is 20.8 Å². The molecule has 0 amide bonds. The minimum absolute atomic E-state index is 0.143. The summed E-state index contributed by atoms with van der Waals surface area (Å²) in [6, 6.07) is 26.1. The van der Waals surface area contributed by atoms with Crippen molar-refractivity contribution in [2.24, 2.45) is 0 Å². The zero-order valence-electron chi connectivity index (χ0n) is 17.3. The molecule has 4 heteroatoms. The second-order valence-electron chi connectivity index (χ2n) is 7.39. The van der Waals surface area contributed by atoms with Gasteiger partial charge in [0.2, 0.25) is 0 Å². The van der Waals surface area contributed by atoms with Crippen LogP contribution in [0.25, 0.3) is 0 Å². The lowest BCUT2D eigenvalue weighted by Crippen LogP contribution is -2.43. The van der Waals surface area contributed by atoms with Gasteiger partial charge in [0, 0.05) is 30.6 Å². The van der Waals surface area contributed by atoms with E-state index in [0.717, 1.165) is 28.2 Å². The van der Waals surface area contributed by atoms with Crippen molar-refractivity contribution >= 4 is 0 Å². The summed E-state index contributed by atoms with van der Waals surface area (Å²) in [5, 5.41) is 14.9. The van der Waals surface area contributed by atoms with Crippen molar-refractivity contribution in [3.8, 4) is 11.5 Å². The molecule has 3 aromatic carbocycles. The third-order valence-electron chi connectivity index (χ3n) is 5.18. The summed E-state index contributed by atoms with van der Waals surface area (Å²) < 4.78 is 10.7. The van der Waals surface area contributed by atoms with Crippen molar-refractivity contribution in [1.82, 2.24) is 5.32 Å². The number of methoxy groups -OCH3 is 2. The number of hydrogen-bond donors (Lipinski definition) is 2. The Morgan fingerprint density at radius 2 is 1.45 bits per heavy atom. The average Bonchev–Trinajstić information content (AvgIpc) is 2.75. The van der Waals surface area contributed by atoms with Crippen molar-refractivity contribution in [2.45, 2.75) is 25.0 Å². The van der Waals surface area contributed by atoms with Gasteiger partial charge in [0.05, 0.1) is 19.8 Å². The summed E-state index contributed by atoms with van der Waals surface area (Å²) in [6.07, 6.45) is 0. The topological polar surface area (TPSA) is 50.7 Å². The van der Waals surface area contributed by atoms with E-state index in [2.05, 4.69) is 29.6 Å². The first kappa shape index (κ1) is 20.9. The number of aliphatic hydroxyl groups is 1. The van der Waals surface area contributed by atoms with Crippen molar-refractivity contribution in [3.63, 3.8) is 0 Å². The van der Waals surface area contributed by atoms with E-state index in [1.165, 1.54) is 0 Å². The van der Waals surface area contributed by atoms with Crippen LogP contribution >= 0.6 is 0 Å². The second kappa shape index (κ2) is 9.59. The highest BCUT2D eigenvalue weighted by atomic mass is 16.5. The largest absolute Gasteiger partial charge is 0.497 e. The Labute approximate surface area is 173 Å². The Morgan fingerprint density at radius 1 is 0.862 bits per heavy atom. The quantitative estimate of drug-likeness (QED) is 0.568. The summed E-state index contributed by atoms with van der Waals surface area (Å²) in [5.74, 6) is 1.38. The molecule has 0 aliphatic heterocycles. The van der Waals surface area contributed by atoms with E-state index in [0.29, 0.717) is 13.1 Å². The molecular weight excluding hydrogens is 362 g/mol. The Bertz CT molecular complexity index is 855. The zero-order chi connectivity index (χ0) is 20.7. The summed E-state index contributed by atoms with van der Waals surface area (Å²) in [6.45, 7) is 2.90. The van der Waals surface area contributed by atoms with E-state index >= 15 is 0 Å². The van der Waals surface area contributed by atoms with E-state index in [1.54, 1.807) is 14.2 Å². The van der Waals surface area contributed by atoms with Gasteiger partial charge in [0.1, 0.15) is 11.5 Å². The van der Waals surface area contributed by atoms with Crippen LogP contribution in [0.1, 0.15) is 29.5 Å². The highest BCUT2D eigenvalue weighted by molar-refractivity contribution is 5.41. The van der Waals surface area contributed by atoms with Crippen LogP contribution in [0.5, 0.6) is 11.5 Å². The molecule has 0 fully saturated rings. The molecule has 1 atom stereocenters. The highest BCUT2D eigenvalue weighted by Crippen LogP contribution is 2.34. The average molecular weight is 392 g/mol. The summed E-state index contributed by atoms with van der Waals surface area (Å²) in [7, 11) is 3.28. The van der Waals surface area contributed by atoms with Crippen LogP contribution in [0.2, 0.25) is 0 Å². The van der Waals surface area contributed by atoms with Gasteiger partial charge in [-0.2, -0.15) is 0 Å². The second-order valence-corrected chi connectivity index (χ2v) is 7.39. The van der Waals surface area contributed by atoms with Gasteiger partial charge >= 0.3 is 0 Å². The first-order valence-electron chi connectivity index (χ1n) is 9.79. The SMILES string of the molecule is COc1ccc(CNC[C@](C)(O)C(c2ccccc2)c2ccccc2)c(OC)c1. The smallest absolute Gasteiger partial charge is 0.127 e. The molecule has 0 aliphatic carbocycles. The third-order valence-corrected chi connectivity index (χ3v) is 5.18. The first-order chi connectivity index (χ1) is 14.0. The predicted octanol–water partition coefficient (Wildman–Crippen LogP) is 4.38. The normalized spacial score (nSPS) is 13.1. The predicted molar refractivity (Wildman–Crippen MR) is 117 cm³/mol. The molecule has 0 heterocycles. The molecule has 0 spiro atoms. The molecule has 0 saturated carbocycles. The van der Waals surface area contributed by atoms with Gasteiger partial charge in [-0.1, -0.05) is 66.7 Å². The van der Waals surface area contributed by atoms with Gasteiger partial charge in [0.25, 0.3) is 0 Å². The molecule has 4 nitrogen and oxygen atoms in total. The molecular formula is C25H29NO3. The summed E-state index contributed by atoms with van der Waals surface area (Å²) in [4.78, 5) is 0. The third kappa shape index (κ3) is 5.17. The van der Waals surface area contributed by atoms with E-state index in [1.807, 2.05) is 61.5 Å². The molecule has 3 aromatic rings. The van der Waals surface area contributed by atoms with Gasteiger partial charge in [-0.15, -0.1) is 0 Å².